The van der Waals surface area contributed by atoms with Crippen molar-refractivity contribution in [3.05, 3.63) is 24.3 Å². The smallest absolute Gasteiger partial charge is 0.231 e. The molecule has 0 saturated carbocycles. The van der Waals surface area contributed by atoms with Gasteiger partial charge in [0.15, 0.2) is 5.82 Å². The SMILES string of the molecule is Cn1nnnc1-c1cccc(NC(=O)C2(C)CCNC2)c1. The van der Waals surface area contributed by atoms with Crippen molar-refractivity contribution in [1.29, 1.82) is 0 Å². The highest BCUT2D eigenvalue weighted by Gasteiger charge is 2.36. The van der Waals surface area contributed by atoms with Gasteiger partial charge in [-0.25, -0.2) is 4.68 Å². The van der Waals surface area contributed by atoms with E-state index in [4.69, 9.17) is 0 Å². The molecular formula is C14H18N6O. The quantitative estimate of drug-likeness (QED) is 0.872. The third kappa shape index (κ3) is 2.64. The van der Waals surface area contributed by atoms with Crippen molar-refractivity contribution in [2.75, 3.05) is 18.4 Å². The average molecular weight is 286 g/mol. The maximum Gasteiger partial charge on any atom is 0.231 e. The second kappa shape index (κ2) is 5.25. The third-order valence-corrected chi connectivity index (χ3v) is 3.92. The molecule has 0 bridgehead atoms. The molecule has 1 aromatic carbocycles. The molecule has 3 rings (SSSR count). The van der Waals surface area contributed by atoms with E-state index >= 15 is 0 Å². The van der Waals surface area contributed by atoms with Crippen molar-refractivity contribution in [3.63, 3.8) is 0 Å². The molecule has 7 nitrogen and oxygen atoms in total. The van der Waals surface area contributed by atoms with Crippen LogP contribution < -0.4 is 10.6 Å². The zero-order valence-electron chi connectivity index (χ0n) is 12.1. The summed E-state index contributed by atoms with van der Waals surface area (Å²) >= 11 is 0. The van der Waals surface area contributed by atoms with Gasteiger partial charge in [-0.3, -0.25) is 4.79 Å². The largest absolute Gasteiger partial charge is 0.326 e. The van der Waals surface area contributed by atoms with E-state index in [1.807, 2.05) is 31.2 Å². The van der Waals surface area contributed by atoms with Crippen molar-refractivity contribution < 1.29 is 4.79 Å². The summed E-state index contributed by atoms with van der Waals surface area (Å²) in [4.78, 5) is 12.4. The van der Waals surface area contributed by atoms with Crippen LogP contribution in [0.25, 0.3) is 11.4 Å². The zero-order valence-corrected chi connectivity index (χ0v) is 12.1. The minimum atomic E-state index is -0.345. The van der Waals surface area contributed by atoms with Gasteiger partial charge in [0.1, 0.15) is 0 Å². The Labute approximate surface area is 122 Å². The Balaban J connectivity index is 1.81. The second-order valence-electron chi connectivity index (χ2n) is 5.65. The zero-order chi connectivity index (χ0) is 14.9. The summed E-state index contributed by atoms with van der Waals surface area (Å²) in [6.45, 7) is 3.58. The standard InChI is InChI=1S/C14H18N6O/c1-14(6-7-15-9-14)13(21)16-11-5-3-4-10(8-11)12-17-18-19-20(12)2/h3-5,8,15H,6-7,9H2,1-2H3,(H,16,21). The molecule has 0 aliphatic carbocycles. The van der Waals surface area contributed by atoms with Crippen LogP contribution in [0.3, 0.4) is 0 Å². The third-order valence-electron chi connectivity index (χ3n) is 3.92. The predicted octanol–water partition coefficient (Wildman–Crippen LogP) is 0.815. The van der Waals surface area contributed by atoms with Crippen molar-refractivity contribution in [3.8, 4) is 11.4 Å². The molecule has 1 aromatic heterocycles. The van der Waals surface area contributed by atoms with Gasteiger partial charge in [0.05, 0.1) is 5.41 Å². The van der Waals surface area contributed by atoms with Crippen LogP contribution >= 0.6 is 0 Å². The van der Waals surface area contributed by atoms with E-state index in [2.05, 4.69) is 26.2 Å². The monoisotopic (exact) mass is 286 g/mol. The predicted molar refractivity (Wildman–Crippen MR) is 78.5 cm³/mol. The van der Waals surface area contributed by atoms with E-state index in [9.17, 15) is 4.79 Å². The van der Waals surface area contributed by atoms with Crippen LogP contribution in [0.15, 0.2) is 24.3 Å². The fourth-order valence-corrected chi connectivity index (χ4v) is 2.50. The summed E-state index contributed by atoms with van der Waals surface area (Å²) in [5, 5.41) is 17.6. The lowest BCUT2D eigenvalue weighted by Gasteiger charge is -2.21. The van der Waals surface area contributed by atoms with E-state index in [0.717, 1.165) is 24.2 Å². The normalized spacial score (nSPS) is 21.4. The minimum absolute atomic E-state index is 0.0424. The van der Waals surface area contributed by atoms with Crippen LogP contribution in [-0.2, 0) is 11.8 Å². The number of anilines is 1. The second-order valence-corrected chi connectivity index (χ2v) is 5.65. The summed E-state index contributed by atoms with van der Waals surface area (Å²) in [7, 11) is 1.78. The van der Waals surface area contributed by atoms with Gasteiger partial charge in [-0.15, -0.1) is 5.10 Å². The fraction of sp³-hybridized carbons (Fsp3) is 0.429. The first-order valence-corrected chi connectivity index (χ1v) is 6.93. The van der Waals surface area contributed by atoms with Crippen molar-refractivity contribution in [2.45, 2.75) is 13.3 Å². The van der Waals surface area contributed by atoms with Crippen LogP contribution in [0.2, 0.25) is 0 Å². The highest BCUT2D eigenvalue weighted by Crippen LogP contribution is 2.27. The molecule has 1 aliphatic heterocycles. The molecule has 1 atom stereocenters. The summed E-state index contributed by atoms with van der Waals surface area (Å²) in [6.07, 6.45) is 0.853. The summed E-state index contributed by atoms with van der Waals surface area (Å²) in [5.41, 5.74) is 1.28. The molecule has 2 aromatic rings. The summed E-state index contributed by atoms with van der Waals surface area (Å²) < 4.78 is 1.60. The number of hydrogen-bond acceptors (Lipinski definition) is 5. The summed E-state index contributed by atoms with van der Waals surface area (Å²) in [5.74, 6) is 0.709. The number of rotatable bonds is 3. The van der Waals surface area contributed by atoms with Crippen LogP contribution in [0, 0.1) is 5.41 Å². The molecule has 1 unspecified atom stereocenters. The molecule has 1 fully saturated rings. The van der Waals surface area contributed by atoms with E-state index < -0.39 is 0 Å². The Hall–Kier alpha value is -2.28. The Morgan fingerprint density at radius 3 is 3.00 bits per heavy atom. The molecule has 7 heteroatoms. The van der Waals surface area contributed by atoms with Gasteiger partial charge in [0, 0.05) is 24.8 Å². The number of amides is 1. The molecular weight excluding hydrogens is 268 g/mol. The molecule has 21 heavy (non-hydrogen) atoms. The molecule has 2 N–H and O–H groups in total. The van der Waals surface area contributed by atoms with E-state index in [1.54, 1.807) is 11.7 Å². The number of nitrogens with one attached hydrogen (secondary N) is 2. The van der Waals surface area contributed by atoms with Gasteiger partial charge in [-0.1, -0.05) is 12.1 Å². The van der Waals surface area contributed by atoms with Gasteiger partial charge in [0.2, 0.25) is 5.91 Å². The Bertz CT molecular complexity index is 659. The lowest BCUT2D eigenvalue weighted by molar-refractivity contribution is -0.123. The van der Waals surface area contributed by atoms with Gasteiger partial charge in [-0.2, -0.15) is 0 Å². The lowest BCUT2D eigenvalue weighted by atomic mass is 9.88. The van der Waals surface area contributed by atoms with Gasteiger partial charge < -0.3 is 10.6 Å². The summed E-state index contributed by atoms with van der Waals surface area (Å²) in [6, 6.07) is 7.56. The maximum absolute atomic E-state index is 12.4. The van der Waals surface area contributed by atoms with E-state index in [1.165, 1.54) is 0 Å². The van der Waals surface area contributed by atoms with Crippen LogP contribution in [0.5, 0.6) is 0 Å². The van der Waals surface area contributed by atoms with Gasteiger partial charge >= 0.3 is 0 Å². The minimum Gasteiger partial charge on any atom is -0.326 e. The van der Waals surface area contributed by atoms with Crippen LogP contribution in [0.4, 0.5) is 5.69 Å². The highest BCUT2D eigenvalue weighted by atomic mass is 16.2. The van der Waals surface area contributed by atoms with Crippen molar-refractivity contribution >= 4 is 11.6 Å². The molecule has 1 aliphatic rings. The number of nitrogens with zero attached hydrogens (tertiary/aromatic N) is 4. The van der Waals surface area contributed by atoms with Crippen molar-refractivity contribution in [1.82, 2.24) is 25.5 Å². The Morgan fingerprint density at radius 1 is 1.48 bits per heavy atom. The highest BCUT2D eigenvalue weighted by molar-refractivity contribution is 5.95. The first-order valence-electron chi connectivity index (χ1n) is 6.93. The first-order chi connectivity index (χ1) is 10.1. The van der Waals surface area contributed by atoms with Crippen molar-refractivity contribution in [2.24, 2.45) is 12.5 Å². The van der Waals surface area contributed by atoms with Gasteiger partial charge in [-0.05, 0) is 42.4 Å². The molecule has 0 radical (unpaired) electrons. The van der Waals surface area contributed by atoms with Gasteiger partial charge in [0.25, 0.3) is 0 Å². The Kier molecular flexibility index (Phi) is 3.42. The topological polar surface area (TPSA) is 84.7 Å². The lowest BCUT2D eigenvalue weighted by Crippen LogP contribution is -2.35. The number of hydrogen-bond donors (Lipinski definition) is 2. The fourth-order valence-electron chi connectivity index (χ4n) is 2.50. The number of aryl methyl sites for hydroxylation is 1. The molecule has 1 saturated heterocycles. The molecule has 110 valence electrons. The van der Waals surface area contributed by atoms with Crippen LogP contribution in [0.1, 0.15) is 13.3 Å². The van der Waals surface area contributed by atoms with E-state index in [0.29, 0.717) is 12.4 Å². The van der Waals surface area contributed by atoms with Crippen LogP contribution in [-0.4, -0.2) is 39.2 Å². The number of benzene rings is 1. The molecule has 0 spiro atoms. The Morgan fingerprint density at radius 2 is 2.33 bits per heavy atom. The number of carbonyl (C=O) groups is 1. The number of aromatic nitrogens is 4. The number of tetrazole rings is 1. The molecule has 2 heterocycles. The number of carbonyl (C=O) groups excluding carboxylic acids is 1. The first kappa shape index (κ1) is 13.7. The average Bonchev–Trinajstić information content (AvgIpc) is 3.09. The molecule has 1 amide bonds. The maximum atomic E-state index is 12.4. The van der Waals surface area contributed by atoms with E-state index in [-0.39, 0.29) is 11.3 Å².